The smallest absolute Gasteiger partial charge is 0.251 e. The summed E-state index contributed by atoms with van der Waals surface area (Å²) < 4.78 is 79.9. The summed E-state index contributed by atoms with van der Waals surface area (Å²) in [6.07, 6.45) is -3.77. The fraction of sp³-hybridized carbons (Fsp3) is 0.118. The summed E-state index contributed by atoms with van der Waals surface area (Å²) in [6.45, 7) is 1.43. The highest BCUT2D eigenvalue weighted by atomic mass is 35.5. The third kappa shape index (κ3) is 3.59. The number of benzene rings is 1. The van der Waals surface area contributed by atoms with Gasteiger partial charge in [0.2, 0.25) is 0 Å². The van der Waals surface area contributed by atoms with Crippen molar-refractivity contribution in [3.63, 3.8) is 0 Å². The van der Waals surface area contributed by atoms with E-state index in [0.29, 0.717) is 18.2 Å². The van der Waals surface area contributed by atoms with Crippen LogP contribution in [-0.4, -0.2) is 15.2 Å². The van der Waals surface area contributed by atoms with E-state index in [-0.39, 0.29) is 22.4 Å². The molecule has 0 bridgehead atoms. The van der Waals surface area contributed by atoms with Crippen LogP contribution in [0.15, 0.2) is 30.5 Å². The van der Waals surface area contributed by atoms with Gasteiger partial charge in [-0.1, -0.05) is 17.7 Å². The molecule has 140 valence electrons. The van der Waals surface area contributed by atoms with Crippen molar-refractivity contribution in [2.24, 2.45) is 0 Å². The molecule has 0 N–H and O–H groups in total. The molecule has 3 aromatic rings. The van der Waals surface area contributed by atoms with Gasteiger partial charge in [-0.2, -0.15) is 18.3 Å². The molecule has 0 amide bonds. The highest BCUT2D eigenvalue weighted by molar-refractivity contribution is 6.32. The van der Waals surface area contributed by atoms with E-state index in [1.807, 2.05) is 0 Å². The molecule has 27 heavy (non-hydrogen) atoms. The molecule has 0 aliphatic heterocycles. The molecule has 0 radical (unpaired) electrons. The lowest BCUT2D eigenvalue weighted by Gasteiger charge is -2.15. The first kappa shape index (κ1) is 19.1. The summed E-state index contributed by atoms with van der Waals surface area (Å²) in [5.41, 5.74) is -1.83. The van der Waals surface area contributed by atoms with Gasteiger partial charge in [0.05, 0.1) is 11.3 Å². The first-order valence-corrected chi connectivity index (χ1v) is 7.68. The third-order valence-electron chi connectivity index (χ3n) is 3.71. The molecular weight excluding hydrogens is 396 g/mol. The van der Waals surface area contributed by atoms with Gasteiger partial charge in [-0.15, -0.1) is 5.10 Å². The normalized spacial score (nSPS) is 11.7. The number of hydrogen-bond acceptors (Lipinski definition) is 3. The first-order valence-electron chi connectivity index (χ1n) is 7.31. The van der Waals surface area contributed by atoms with E-state index in [2.05, 4.69) is 15.2 Å². The van der Waals surface area contributed by atoms with Crippen molar-refractivity contribution in [1.82, 2.24) is 15.2 Å². The van der Waals surface area contributed by atoms with Gasteiger partial charge >= 0.3 is 6.18 Å². The minimum Gasteiger partial charge on any atom is -0.251 e. The van der Waals surface area contributed by atoms with E-state index in [1.165, 1.54) is 6.92 Å². The number of alkyl halides is 3. The second kappa shape index (κ2) is 6.80. The average molecular weight is 404 g/mol. The van der Waals surface area contributed by atoms with Crippen LogP contribution in [0.3, 0.4) is 0 Å². The highest BCUT2D eigenvalue weighted by Gasteiger charge is 2.32. The number of aryl methyl sites for hydroxylation is 1. The Bertz CT molecular complexity index is 995. The zero-order valence-corrected chi connectivity index (χ0v) is 14.1. The van der Waals surface area contributed by atoms with Crippen molar-refractivity contribution < 1.29 is 26.3 Å². The maximum atomic E-state index is 14.3. The van der Waals surface area contributed by atoms with Gasteiger partial charge < -0.3 is 0 Å². The Morgan fingerprint density at radius 3 is 2.04 bits per heavy atom. The second-order valence-corrected chi connectivity index (χ2v) is 5.86. The Morgan fingerprint density at radius 1 is 0.889 bits per heavy atom. The molecule has 0 aliphatic rings. The van der Waals surface area contributed by atoms with E-state index in [1.54, 1.807) is 0 Å². The summed E-state index contributed by atoms with van der Waals surface area (Å²) in [5.74, 6) is -3.63. The molecule has 2 heterocycles. The van der Waals surface area contributed by atoms with Crippen molar-refractivity contribution in [2.75, 3.05) is 0 Å². The zero-order chi connectivity index (χ0) is 19.9. The Hall–Kier alpha value is -2.68. The van der Waals surface area contributed by atoms with Crippen molar-refractivity contribution in [1.29, 1.82) is 0 Å². The summed E-state index contributed by atoms with van der Waals surface area (Å²) >= 11 is 5.97. The van der Waals surface area contributed by atoms with Gasteiger partial charge in [0, 0.05) is 35.0 Å². The molecule has 0 saturated carbocycles. The molecule has 0 fully saturated rings. The van der Waals surface area contributed by atoms with Crippen LogP contribution in [0.1, 0.15) is 11.4 Å². The molecule has 3 rings (SSSR count). The van der Waals surface area contributed by atoms with Crippen LogP contribution in [0.4, 0.5) is 26.3 Å². The van der Waals surface area contributed by atoms with Crippen molar-refractivity contribution in [3.05, 3.63) is 64.5 Å². The Balaban J connectivity index is 2.29. The van der Waals surface area contributed by atoms with E-state index < -0.39 is 40.0 Å². The maximum absolute atomic E-state index is 14.3. The largest absolute Gasteiger partial charge is 0.433 e. The molecule has 1 aromatic carbocycles. The van der Waals surface area contributed by atoms with Gasteiger partial charge in [-0.25, -0.2) is 13.2 Å². The van der Waals surface area contributed by atoms with Crippen LogP contribution in [0.25, 0.3) is 22.3 Å². The van der Waals surface area contributed by atoms with E-state index >= 15 is 0 Å². The lowest BCUT2D eigenvalue weighted by Crippen LogP contribution is -2.07. The van der Waals surface area contributed by atoms with Crippen molar-refractivity contribution >= 4 is 11.6 Å². The number of pyridine rings is 1. The Labute approximate surface area is 153 Å². The van der Waals surface area contributed by atoms with Gasteiger partial charge in [0.25, 0.3) is 0 Å². The van der Waals surface area contributed by atoms with Gasteiger partial charge in [-0.05, 0) is 13.0 Å². The SMILES string of the molecule is Cc1nnc(Cl)c(-c2c(F)cc(F)cc2F)c1-c1ccc(C(F)(F)F)nc1. The van der Waals surface area contributed by atoms with Crippen LogP contribution >= 0.6 is 11.6 Å². The van der Waals surface area contributed by atoms with E-state index in [0.717, 1.165) is 12.3 Å². The lowest BCUT2D eigenvalue weighted by atomic mass is 9.95. The van der Waals surface area contributed by atoms with Crippen LogP contribution in [0, 0.1) is 24.4 Å². The average Bonchev–Trinajstić information content (AvgIpc) is 2.56. The zero-order valence-electron chi connectivity index (χ0n) is 13.4. The highest BCUT2D eigenvalue weighted by Crippen LogP contribution is 2.40. The maximum Gasteiger partial charge on any atom is 0.433 e. The van der Waals surface area contributed by atoms with Crippen molar-refractivity contribution in [3.8, 4) is 22.3 Å². The Morgan fingerprint density at radius 2 is 1.52 bits per heavy atom. The predicted octanol–water partition coefficient (Wildman–Crippen LogP) is 5.60. The van der Waals surface area contributed by atoms with Gasteiger partial charge in [-0.3, -0.25) is 4.98 Å². The summed E-state index contributed by atoms with van der Waals surface area (Å²) in [6, 6.07) is 2.70. The van der Waals surface area contributed by atoms with Crippen LogP contribution in [0.2, 0.25) is 5.15 Å². The van der Waals surface area contributed by atoms with Crippen LogP contribution in [0.5, 0.6) is 0 Å². The summed E-state index contributed by atoms with van der Waals surface area (Å²) in [7, 11) is 0. The molecule has 2 aromatic heterocycles. The van der Waals surface area contributed by atoms with Crippen LogP contribution in [-0.2, 0) is 6.18 Å². The topological polar surface area (TPSA) is 38.7 Å². The molecule has 10 heteroatoms. The molecule has 0 unspecified atom stereocenters. The van der Waals surface area contributed by atoms with E-state index in [4.69, 9.17) is 11.6 Å². The number of nitrogens with zero attached hydrogens (tertiary/aromatic N) is 3. The second-order valence-electron chi connectivity index (χ2n) is 5.50. The lowest BCUT2D eigenvalue weighted by molar-refractivity contribution is -0.141. The minimum absolute atomic E-state index is 0.0284. The first-order chi connectivity index (χ1) is 12.6. The number of hydrogen-bond donors (Lipinski definition) is 0. The quantitative estimate of drug-likeness (QED) is 0.522. The Kier molecular flexibility index (Phi) is 4.81. The molecule has 0 spiro atoms. The number of halogens is 7. The molecular formula is C17H8ClF6N3. The number of rotatable bonds is 2. The fourth-order valence-corrected chi connectivity index (χ4v) is 2.80. The van der Waals surface area contributed by atoms with Gasteiger partial charge in [0.15, 0.2) is 5.15 Å². The minimum atomic E-state index is -4.65. The third-order valence-corrected chi connectivity index (χ3v) is 3.97. The monoisotopic (exact) mass is 403 g/mol. The van der Waals surface area contributed by atoms with E-state index in [9.17, 15) is 26.3 Å². The summed E-state index contributed by atoms with van der Waals surface area (Å²) in [4.78, 5) is 3.33. The predicted molar refractivity (Wildman–Crippen MR) is 85.3 cm³/mol. The molecule has 0 atom stereocenters. The fourth-order valence-electron chi connectivity index (χ4n) is 2.57. The van der Waals surface area contributed by atoms with Gasteiger partial charge in [0.1, 0.15) is 23.1 Å². The number of aromatic nitrogens is 3. The summed E-state index contributed by atoms with van der Waals surface area (Å²) in [5, 5.41) is 6.93. The standard InChI is InChI=1S/C17H8ClF6N3/c1-7-13(8-2-3-12(25-6-8)17(22,23)24)15(16(18)27-26-7)14-10(20)4-9(19)5-11(14)21/h2-6H,1H3. The molecule has 3 nitrogen and oxygen atoms in total. The van der Waals surface area contributed by atoms with Crippen molar-refractivity contribution in [2.45, 2.75) is 13.1 Å². The molecule has 0 saturated heterocycles. The molecule has 0 aliphatic carbocycles. The van der Waals surface area contributed by atoms with Crippen LogP contribution < -0.4 is 0 Å².